The average molecular weight is 316 g/mol. The number of halogens is 1. The topological polar surface area (TPSA) is 3.24 Å². The molecule has 0 heterocycles. The van der Waals surface area contributed by atoms with Crippen molar-refractivity contribution in [3.8, 4) is 0 Å². The molecule has 0 spiro atoms. The molecule has 0 saturated heterocycles. The summed E-state index contributed by atoms with van der Waals surface area (Å²) in [7, 11) is 4.28. The normalized spacial score (nSPS) is 14.0. The van der Waals surface area contributed by atoms with Gasteiger partial charge in [-0.2, -0.15) is 0 Å². The maximum absolute atomic E-state index is 6.05. The summed E-state index contributed by atoms with van der Waals surface area (Å²) in [5.41, 5.74) is 2.97. The van der Waals surface area contributed by atoms with Crippen LogP contribution < -0.4 is 0 Å². The molecule has 0 radical (unpaired) electrons. The minimum atomic E-state index is 0.171. The first-order chi connectivity index (χ1) is 10.5. The van der Waals surface area contributed by atoms with Gasteiger partial charge in [0.15, 0.2) is 0 Å². The predicted octanol–water partition coefficient (Wildman–Crippen LogP) is 5.18. The molecular formula is C20H26ClN. The highest BCUT2D eigenvalue weighted by Gasteiger charge is 2.26. The van der Waals surface area contributed by atoms with Crippen molar-refractivity contribution in [2.24, 2.45) is 0 Å². The van der Waals surface area contributed by atoms with Gasteiger partial charge in [0, 0.05) is 5.02 Å². The molecule has 22 heavy (non-hydrogen) atoms. The second-order valence-electron chi connectivity index (χ2n) is 6.61. The van der Waals surface area contributed by atoms with E-state index in [0.29, 0.717) is 0 Å². The first-order valence-corrected chi connectivity index (χ1v) is 8.32. The molecular weight excluding hydrogens is 290 g/mol. The van der Waals surface area contributed by atoms with Crippen LogP contribution in [0.4, 0.5) is 0 Å². The van der Waals surface area contributed by atoms with Crippen LogP contribution in [0.5, 0.6) is 0 Å². The summed E-state index contributed by atoms with van der Waals surface area (Å²) >= 11 is 6.05. The fraction of sp³-hybridized carbons (Fsp3) is 0.400. The molecule has 2 aromatic carbocycles. The standard InChI is InChI=1S/C20H26ClN/c1-20(15-16-22(2)3,18-9-11-19(21)12-10-18)14-13-17-7-5-4-6-8-17/h4-12H,13-16H2,1-3H3. The number of aryl methyl sites for hydroxylation is 1. The van der Waals surface area contributed by atoms with Crippen molar-refractivity contribution in [3.63, 3.8) is 0 Å². The lowest BCUT2D eigenvalue weighted by molar-refractivity contribution is 0.315. The van der Waals surface area contributed by atoms with Crippen molar-refractivity contribution in [2.75, 3.05) is 20.6 Å². The van der Waals surface area contributed by atoms with Crippen LogP contribution in [-0.2, 0) is 11.8 Å². The Morgan fingerprint density at radius 2 is 1.55 bits per heavy atom. The summed E-state index contributed by atoms with van der Waals surface area (Å²) in [6.07, 6.45) is 3.40. The predicted molar refractivity (Wildman–Crippen MR) is 96.7 cm³/mol. The van der Waals surface area contributed by atoms with Gasteiger partial charge >= 0.3 is 0 Å². The quantitative estimate of drug-likeness (QED) is 0.680. The van der Waals surface area contributed by atoms with Gasteiger partial charge in [-0.3, -0.25) is 0 Å². The summed E-state index contributed by atoms with van der Waals surface area (Å²) in [5, 5.41) is 0.807. The van der Waals surface area contributed by atoms with Gasteiger partial charge in [0.1, 0.15) is 0 Å². The lowest BCUT2D eigenvalue weighted by Crippen LogP contribution is -2.28. The fourth-order valence-electron chi connectivity index (χ4n) is 2.80. The number of hydrogen-bond donors (Lipinski definition) is 0. The summed E-state index contributed by atoms with van der Waals surface area (Å²) < 4.78 is 0. The molecule has 118 valence electrons. The SMILES string of the molecule is CN(C)CCC(C)(CCc1ccccc1)c1ccc(Cl)cc1. The molecule has 0 aliphatic carbocycles. The van der Waals surface area contributed by atoms with E-state index in [2.05, 4.69) is 68.4 Å². The van der Waals surface area contributed by atoms with Gasteiger partial charge in [-0.1, -0.05) is 61.0 Å². The highest BCUT2D eigenvalue weighted by Crippen LogP contribution is 2.33. The summed E-state index contributed by atoms with van der Waals surface area (Å²) in [5.74, 6) is 0. The third kappa shape index (κ3) is 4.86. The number of hydrogen-bond acceptors (Lipinski definition) is 1. The second-order valence-corrected chi connectivity index (χ2v) is 7.04. The minimum Gasteiger partial charge on any atom is -0.309 e. The molecule has 2 rings (SSSR count). The van der Waals surface area contributed by atoms with Crippen LogP contribution in [0.25, 0.3) is 0 Å². The van der Waals surface area contributed by atoms with Crippen LogP contribution in [0.15, 0.2) is 54.6 Å². The van der Waals surface area contributed by atoms with Crippen LogP contribution in [-0.4, -0.2) is 25.5 Å². The van der Waals surface area contributed by atoms with Gasteiger partial charge in [0.05, 0.1) is 0 Å². The van der Waals surface area contributed by atoms with Crippen LogP contribution >= 0.6 is 11.6 Å². The first-order valence-electron chi connectivity index (χ1n) is 7.94. The number of nitrogens with zero attached hydrogens (tertiary/aromatic N) is 1. The minimum absolute atomic E-state index is 0.171. The summed E-state index contributed by atoms with van der Waals surface area (Å²) in [6, 6.07) is 19.1. The monoisotopic (exact) mass is 315 g/mol. The Kier molecular flexibility index (Phi) is 6.05. The molecule has 0 bridgehead atoms. The van der Waals surface area contributed by atoms with Gasteiger partial charge in [-0.05, 0) is 68.6 Å². The number of rotatable bonds is 7. The zero-order chi connectivity index (χ0) is 16.0. The van der Waals surface area contributed by atoms with E-state index in [1.54, 1.807) is 0 Å². The van der Waals surface area contributed by atoms with Crippen molar-refractivity contribution < 1.29 is 0 Å². The van der Waals surface area contributed by atoms with E-state index in [1.165, 1.54) is 11.1 Å². The third-order valence-corrected chi connectivity index (χ3v) is 4.71. The molecule has 1 atom stereocenters. The molecule has 0 saturated carbocycles. The molecule has 0 amide bonds. The van der Waals surface area contributed by atoms with E-state index in [1.807, 2.05) is 12.1 Å². The molecule has 0 aromatic heterocycles. The number of benzene rings is 2. The average Bonchev–Trinajstić information content (AvgIpc) is 2.53. The van der Waals surface area contributed by atoms with Crippen molar-refractivity contribution >= 4 is 11.6 Å². The maximum Gasteiger partial charge on any atom is 0.0406 e. The second kappa shape index (κ2) is 7.80. The lowest BCUT2D eigenvalue weighted by Gasteiger charge is -2.32. The third-order valence-electron chi connectivity index (χ3n) is 4.46. The van der Waals surface area contributed by atoms with Crippen molar-refractivity contribution in [1.82, 2.24) is 4.90 Å². The van der Waals surface area contributed by atoms with Gasteiger partial charge in [0.25, 0.3) is 0 Å². The Bertz CT molecular complexity index is 562. The highest BCUT2D eigenvalue weighted by molar-refractivity contribution is 6.30. The van der Waals surface area contributed by atoms with Crippen LogP contribution in [0, 0.1) is 0 Å². The summed E-state index contributed by atoms with van der Waals surface area (Å²) in [6.45, 7) is 3.47. The molecule has 0 fully saturated rings. The molecule has 1 nitrogen and oxygen atoms in total. The Morgan fingerprint density at radius 3 is 2.14 bits per heavy atom. The van der Waals surface area contributed by atoms with E-state index >= 15 is 0 Å². The smallest absolute Gasteiger partial charge is 0.0406 e. The van der Waals surface area contributed by atoms with Gasteiger partial charge in [-0.25, -0.2) is 0 Å². The Balaban J connectivity index is 2.15. The van der Waals surface area contributed by atoms with E-state index in [0.717, 1.165) is 30.8 Å². The van der Waals surface area contributed by atoms with E-state index in [4.69, 9.17) is 11.6 Å². The summed E-state index contributed by atoms with van der Waals surface area (Å²) in [4.78, 5) is 2.26. The molecule has 1 unspecified atom stereocenters. The zero-order valence-corrected chi connectivity index (χ0v) is 14.6. The van der Waals surface area contributed by atoms with E-state index < -0.39 is 0 Å². The molecule has 0 N–H and O–H groups in total. The molecule has 2 aromatic rings. The van der Waals surface area contributed by atoms with Crippen LogP contribution in [0.1, 0.15) is 30.9 Å². The lowest BCUT2D eigenvalue weighted by atomic mass is 9.75. The highest BCUT2D eigenvalue weighted by atomic mass is 35.5. The van der Waals surface area contributed by atoms with Gasteiger partial charge in [0.2, 0.25) is 0 Å². The van der Waals surface area contributed by atoms with Gasteiger partial charge in [-0.15, -0.1) is 0 Å². The van der Waals surface area contributed by atoms with E-state index in [-0.39, 0.29) is 5.41 Å². The largest absolute Gasteiger partial charge is 0.309 e. The Hall–Kier alpha value is -1.31. The fourth-order valence-corrected chi connectivity index (χ4v) is 2.93. The Labute approximate surface area is 139 Å². The molecule has 0 aliphatic heterocycles. The first kappa shape index (κ1) is 17.1. The van der Waals surface area contributed by atoms with Crippen molar-refractivity contribution in [1.29, 1.82) is 0 Å². The Morgan fingerprint density at radius 1 is 0.909 bits per heavy atom. The van der Waals surface area contributed by atoms with Crippen LogP contribution in [0.2, 0.25) is 5.02 Å². The molecule has 2 heteroatoms. The van der Waals surface area contributed by atoms with E-state index in [9.17, 15) is 0 Å². The van der Waals surface area contributed by atoms with Crippen LogP contribution in [0.3, 0.4) is 0 Å². The maximum atomic E-state index is 6.05. The van der Waals surface area contributed by atoms with Gasteiger partial charge < -0.3 is 4.90 Å². The van der Waals surface area contributed by atoms with Crippen molar-refractivity contribution in [3.05, 3.63) is 70.7 Å². The molecule has 0 aliphatic rings. The zero-order valence-electron chi connectivity index (χ0n) is 13.8. The van der Waals surface area contributed by atoms with Crippen molar-refractivity contribution in [2.45, 2.75) is 31.6 Å².